The molecule has 10 heteroatoms. The monoisotopic (exact) mass is 417 g/mol. The minimum atomic E-state index is -0.454. The second kappa shape index (κ2) is 7.84. The topological polar surface area (TPSA) is 89.1 Å². The van der Waals surface area contributed by atoms with Crippen LogP contribution >= 0.6 is 24.0 Å². The van der Waals surface area contributed by atoms with Gasteiger partial charge in [0.25, 0.3) is 11.6 Å². The van der Waals surface area contributed by atoms with E-state index < -0.39 is 4.92 Å². The molecule has 2 aliphatic rings. The molecule has 0 bridgehead atoms. The van der Waals surface area contributed by atoms with Gasteiger partial charge in [0, 0.05) is 36.9 Å². The van der Waals surface area contributed by atoms with Crippen LogP contribution in [-0.2, 0) is 9.53 Å². The fourth-order valence-corrected chi connectivity index (χ4v) is 4.23. The van der Waals surface area contributed by atoms with E-state index in [1.165, 1.54) is 28.9 Å². The molecule has 2 saturated heterocycles. The molecular formula is C18H15N3O5S2. The summed E-state index contributed by atoms with van der Waals surface area (Å²) in [5.74, 6) is 0.771. The zero-order valence-electron chi connectivity index (χ0n) is 14.6. The fraction of sp³-hybridized carbons (Fsp3) is 0.222. The SMILES string of the molecule is O=C1C(=Cc2ccc(-c3cccc([N+](=O)[O-])c3)o2)SC(=S)N1N1CCOCC1. The molecular weight excluding hydrogens is 402 g/mol. The van der Waals surface area contributed by atoms with Gasteiger partial charge in [-0.2, -0.15) is 0 Å². The third-order valence-electron chi connectivity index (χ3n) is 4.29. The summed E-state index contributed by atoms with van der Waals surface area (Å²) in [6, 6.07) is 9.63. The second-order valence-electron chi connectivity index (χ2n) is 6.07. The highest BCUT2D eigenvalue weighted by molar-refractivity contribution is 8.26. The normalized spacial score (nSPS) is 19.6. The lowest BCUT2D eigenvalue weighted by Gasteiger charge is -2.33. The molecule has 0 aliphatic carbocycles. The minimum Gasteiger partial charge on any atom is -0.457 e. The Bertz CT molecular complexity index is 981. The van der Waals surface area contributed by atoms with Crippen LogP contribution in [0, 0.1) is 10.1 Å². The number of nitro groups is 1. The van der Waals surface area contributed by atoms with Crippen molar-refractivity contribution < 1.29 is 18.9 Å². The Kier molecular flexibility index (Phi) is 5.27. The molecule has 28 heavy (non-hydrogen) atoms. The van der Waals surface area contributed by atoms with Crippen molar-refractivity contribution >= 4 is 46.0 Å². The van der Waals surface area contributed by atoms with E-state index in [1.54, 1.807) is 30.3 Å². The maximum absolute atomic E-state index is 12.8. The molecule has 0 spiro atoms. The number of morpholine rings is 1. The van der Waals surface area contributed by atoms with Gasteiger partial charge >= 0.3 is 0 Å². The number of carbonyl (C=O) groups excluding carboxylic acids is 1. The van der Waals surface area contributed by atoms with E-state index in [-0.39, 0.29) is 11.6 Å². The number of thioether (sulfide) groups is 1. The molecule has 0 atom stereocenters. The van der Waals surface area contributed by atoms with Crippen LogP contribution in [0.4, 0.5) is 5.69 Å². The Hall–Kier alpha value is -2.53. The fourth-order valence-electron chi connectivity index (χ4n) is 2.94. The zero-order chi connectivity index (χ0) is 19.7. The van der Waals surface area contributed by atoms with Crippen molar-refractivity contribution in [2.45, 2.75) is 0 Å². The summed E-state index contributed by atoms with van der Waals surface area (Å²) in [7, 11) is 0. The van der Waals surface area contributed by atoms with E-state index in [1.807, 2.05) is 5.01 Å². The van der Waals surface area contributed by atoms with Gasteiger partial charge in [-0.1, -0.05) is 36.1 Å². The highest BCUT2D eigenvalue weighted by atomic mass is 32.2. The van der Waals surface area contributed by atoms with Crippen molar-refractivity contribution in [3.05, 3.63) is 57.2 Å². The molecule has 8 nitrogen and oxygen atoms in total. The van der Waals surface area contributed by atoms with Crippen molar-refractivity contribution in [3.63, 3.8) is 0 Å². The van der Waals surface area contributed by atoms with Gasteiger partial charge in [0.1, 0.15) is 11.5 Å². The van der Waals surface area contributed by atoms with Gasteiger partial charge in [-0.05, 0) is 12.1 Å². The van der Waals surface area contributed by atoms with E-state index in [0.29, 0.717) is 52.6 Å². The van der Waals surface area contributed by atoms with Crippen LogP contribution < -0.4 is 0 Å². The molecule has 2 fully saturated rings. The average molecular weight is 417 g/mol. The number of amides is 1. The number of benzene rings is 1. The van der Waals surface area contributed by atoms with Crippen molar-refractivity contribution in [3.8, 4) is 11.3 Å². The summed E-state index contributed by atoms with van der Waals surface area (Å²) in [4.78, 5) is 23.7. The van der Waals surface area contributed by atoms with E-state index in [2.05, 4.69) is 0 Å². The summed E-state index contributed by atoms with van der Waals surface area (Å²) < 4.78 is 11.6. The molecule has 3 heterocycles. The van der Waals surface area contributed by atoms with Gasteiger partial charge in [0.15, 0.2) is 4.32 Å². The number of rotatable bonds is 4. The number of thiocarbonyl (C=S) groups is 1. The highest BCUT2D eigenvalue weighted by Gasteiger charge is 2.37. The standard InChI is InChI=1S/C18H15N3O5S2/c22-17-16(28-18(27)20(17)19-6-8-25-9-7-19)11-14-4-5-15(26-14)12-2-1-3-13(10-12)21(23)24/h1-5,10-11H,6-9H2. The second-order valence-corrected chi connectivity index (χ2v) is 7.74. The lowest BCUT2D eigenvalue weighted by atomic mass is 10.1. The molecule has 4 rings (SSSR count). The van der Waals surface area contributed by atoms with Crippen molar-refractivity contribution in [1.82, 2.24) is 10.0 Å². The Morgan fingerprint density at radius 3 is 2.75 bits per heavy atom. The Balaban J connectivity index is 1.55. The van der Waals surface area contributed by atoms with Crippen molar-refractivity contribution in [2.75, 3.05) is 26.3 Å². The first-order chi connectivity index (χ1) is 13.5. The van der Waals surface area contributed by atoms with Gasteiger partial charge in [0.2, 0.25) is 0 Å². The number of furan rings is 1. The molecule has 2 aliphatic heterocycles. The first-order valence-electron chi connectivity index (χ1n) is 8.48. The number of hydrogen-bond donors (Lipinski definition) is 0. The number of hydrogen-bond acceptors (Lipinski definition) is 8. The lowest BCUT2D eigenvalue weighted by Crippen LogP contribution is -2.50. The van der Waals surface area contributed by atoms with Gasteiger partial charge in [-0.15, -0.1) is 0 Å². The first kappa shape index (κ1) is 18.8. The maximum atomic E-state index is 12.8. The van der Waals surface area contributed by atoms with Crippen LogP contribution in [0.25, 0.3) is 17.4 Å². The Labute approximate surface area is 169 Å². The van der Waals surface area contributed by atoms with E-state index in [0.717, 1.165) is 0 Å². The van der Waals surface area contributed by atoms with Crippen LogP contribution in [0.5, 0.6) is 0 Å². The van der Waals surface area contributed by atoms with E-state index in [9.17, 15) is 14.9 Å². The quantitative estimate of drug-likeness (QED) is 0.324. The molecule has 0 N–H and O–H groups in total. The van der Waals surface area contributed by atoms with Crippen LogP contribution in [0.15, 0.2) is 45.7 Å². The van der Waals surface area contributed by atoms with Gasteiger partial charge in [-0.3, -0.25) is 14.9 Å². The van der Waals surface area contributed by atoms with E-state index >= 15 is 0 Å². The molecule has 0 saturated carbocycles. The van der Waals surface area contributed by atoms with Gasteiger partial charge in [0.05, 0.1) is 23.0 Å². The largest absolute Gasteiger partial charge is 0.457 e. The van der Waals surface area contributed by atoms with Gasteiger partial charge < -0.3 is 9.15 Å². The predicted molar refractivity (Wildman–Crippen MR) is 108 cm³/mol. The van der Waals surface area contributed by atoms with Gasteiger partial charge in [-0.25, -0.2) is 10.0 Å². The number of nitro benzene ring substituents is 1. The number of ether oxygens (including phenoxy) is 1. The molecule has 144 valence electrons. The third kappa shape index (κ3) is 3.72. The summed E-state index contributed by atoms with van der Waals surface area (Å²) in [6.07, 6.45) is 1.64. The van der Waals surface area contributed by atoms with Crippen LogP contribution in [-0.4, -0.2) is 51.5 Å². The molecule has 0 radical (unpaired) electrons. The predicted octanol–water partition coefficient (Wildman–Crippen LogP) is 3.30. The van der Waals surface area contributed by atoms with E-state index in [4.69, 9.17) is 21.4 Å². The van der Waals surface area contributed by atoms with Crippen LogP contribution in [0.1, 0.15) is 5.76 Å². The molecule has 2 aromatic rings. The van der Waals surface area contributed by atoms with Crippen molar-refractivity contribution in [2.24, 2.45) is 0 Å². The van der Waals surface area contributed by atoms with Crippen LogP contribution in [0.2, 0.25) is 0 Å². The molecule has 1 aromatic heterocycles. The molecule has 0 unspecified atom stereocenters. The lowest BCUT2D eigenvalue weighted by molar-refractivity contribution is -0.384. The van der Waals surface area contributed by atoms with Crippen molar-refractivity contribution in [1.29, 1.82) is 0 Å². The number of non-ortho nitro benzene ring substituents is 1. The number of carbonyl (C=O) groups is 1. The Morgan fingerprint density at radius 1 is 1.21 bits per heavy atom. The third-order valence-corrected chi connectivity index (χ3v) is 5.57. The first-order valence-corrected chi connectivity index (χ1v) is 9.70. The smallest absolute Gasteiger partial charge is 0.281 e. The zero-order valence-corrected chi connectivity index (χ0v) is 16.2. The van der Waals surface area contributed by atoms with Crippen LogP contribution in [0.3, 0.4) is 0 Å². The molecule has 1 amide bonds. The highest BCUT2D eigenvalue weighted by Crippen LogP contribution is 2.35. The molecule has 1 aromatic carbocycles. The number of nitrogens with zero attached hydrogens (tertiary/aromatic N) is 3. The summed E-state index contributed by atoms with van der Waals surface area (Å²) in [5.41, 5.74) is 0.580. The maximum Gasteiger partial charge on any atom is 0.281 e. The average Bonchev–Trinajstić information content (AvgIpc) is 3.27. The minimum absolute atomic E-state index is 0.0122. The summed E-state index contributed by atoms with van der Waals surface area (Å²) in [6.45, 7) is 2.33. The summed E-state index contributed by atoms with van der Waals surface area (Å²) in [5, 5.41) is 14.3. The summed E-state index contributed by atoms with van der Waals surface area (Å²) >= 11 is 6.58. The number of hydrazine groups is 1. The Morgan fingerprint density at radius 2 is 2.00 bits per heavy atom.